The minimum atomic E-state index is -3.84. The number of anilines is 1. The Morgan fingerprint density at radius 2 is 1.75 bits per heavy atom. The maximum Gasteiger partial charge on any atom is 0.408 e. The molecule has 2 aromatic rings. The van der Waals surface area contributed by atoms with Crippen molar-refractivity contribution in [2.24, 2.45) is 0 Å². The number of benzene rings is 2. The normalized spacial score (nSPS) is 12.7. The van der Waals surface area contributed by atoms with Crippen molar-refractivity contribution in [2.75, 3.05) is 11.9 Å². The standard InChI is InChI=1S/C22H28FN3O5S/c1-5-24-32(29,30)16-11-12-18(17(23)14-16)25-20(27)19(13-15-9-7-6-8-10-15)26-21(28)31-22(2,3)4/h6-12,14,19,24H,5,13H2,1-4H3,(H,25,27)(H,26,28). The zero-order chi connectivity index (χ0) is 23.9. The van der Waals surface area contributed by atoms with Gasteiger partial charge in [-0.3, -0.25) is 4.79 Å². The Balaban J connectivity index is 2.22. The molecule has 1 atom stereocenters. The van der Waals surface area contributed by atoms with Crippen molar-refractivity contribution in [3.05, 3.63) is 59.9 Å². The second-order valence-electron chi connectivity index (χ2n) is 8.02. The number of sulfonamides is 1. The Morgan fingerprint density at radius 3 is 2.31 bits per heavy atom. The molecule has 0 radical (unpaired) electrons. The van der Waals surface area contributed by atoms with E-state index in [1.165, 1.54) is 6.07 Å². The van der Waals surface area contributed by atoms with Crippen molar-refractivity contribution in [1.82, 2.24) is 10.0 Å². The van der Waals surface area contributed by atoms with E-state index < -0.39 is 39.5 Å². The van der Waals surface area contributed by atoms with Gasteiger partial charge in [0.2, 0.25) is 15.9 Å². The molecule has 0 fully saturated rings. The lowest BCUT2D eigenvalue weighted by atomic mass is 10.1. The summed E-state index contributed by atoms with van der Waals surface area (Å²) in [5.74, 6) is -1.60. The highest BCUT2D eigenvalue weighted by molar-refractivity contribution is 7.89. The maximum absolute atomic E-state index is 14.5. The number of hydrogen-bond acceptors (Lipinski definition) is 5. The summed E-state index contributed by atoms with van der Waals surface area (Å²) in [5.41, 5.74) is -0.205. The molecule has 2 rings (SSSR count). The van der Waals surface area contributed by atoms with Gasteiger partial charge >= 0.3 is 6.09 Å². The second kappa shape index (κ2) is 10.6. The van der Waals surface area contributed by atoms with Crippen molar-refractivity contribution < 1.29 is 27.1 Å². The molecule has 0 spiro atoms. The average molecular weight is 466 g/mol. The smallest absolute Gasteiger partial charge is 0.408 e. The summed E-state index contributed by atoms with van der Waals surface area (Å²) in [6.07, 6.45) is -0.651. The zero-order valence-electron chi connectivity index (χ0n) is 18.4. The van der Waals surface area contributed by atoms with Gasteiger partial charge < -0.3 is 15.4 Å². The molecule has 0 aliphatic heterocycles. The van der Waals surface area contributed by atoms with Gasteiger partial charge in [-0.05, 0) is 44.5 Å². The molecular formula is C22H28FN3O5S. The molecule has 2 amide bonds. The third-order valence-electron chi connectivity index (χ3n) is 4.13. The van der Waals surface area contributed by atoms with E-state index in [4.69, 9.17) is 4.74 Å². The van der Waals surface area contributed by atoms with E-state index in [9.17, 15) is 22.4 Å². The zero-order valence-corrected chi connectivity index (χ0v) is 19.3. The van der Waals surface area contributed by atoms with Gasteiger partial charge in [-0.2, -0.15) is 0 Å². The molecule has 0 aliphatic carbocycles. The van der Waals surface area contributed by atoms with Crippen LogP contribution in [0.5, 0.6) is 0 Å². The Labute approximate surface area is 187 Å². The molecule has 8 nitrogen and oxygen atoms in total. The minimum absolute atomic E-state index is 0.139. The highest BCUT2D eigenvalue weighted by Crippen LogP contribution is 2.20. The van der Waals surface area contributed by atoms with Gasteiger partial charge in [0.25, 0.3) is 0 Å². The topological polar surface area (TPSA) is 114 Å². The van der Waals surface area contributed by atoms with E-state index in [1.807, 2.05) is 6.07 Å². The fourth-order valence-corrected chi connectivity index (χ4v) is 3.82. The molecule has 1 unspecified atom stereocenters. The van der Waals surface area contributed by atoms with Crippen LogP contribution in [0.25, 0.3) is 0 Å². The van der Waals surface area contributed by atoms with Crippen LogP contribution in [0.1, 0.15) is 33.3 Å². The number of halogens is 1. The quantitative estimate of drug-likeness (QED) is 0.554. The van der Waals surface area contributed by atoms with Gasteiger partial charge in [-0.25, -0.2) is 22.3 Å². The van der Waals surface area contributed by atoms with Crippen LogP contribution in [0.2, 0.25) is 0 Å². The second-order valence-corrected chi connectivity index (χ2v) is 9.79. The number of carbonyl (C=O) groups excluding carboxylic acids is 2. The Morgan fingerprint density at radius 1 is 1.09 bits per heavy atom. The van der Waals surface area contributed by atoms with Gasteiger partial charge in [0.1, 0.15) is 17.5 Å². The van der Waals surface area contributed by atoms with Crippen LogP contribution in [0, 0.1) is 5.82 Å². The van der Waals surface area contributed by atoms with Crippen molar-refractivity contribution in [3.8, 4) is 0 Å². The van der Waals surface area contributed by atoms with Gasteiger partial charge in [0.15, 0.2) is 0 Å². The van der Waals surface area contributed by atoms with Crippen LogP contribution in [-0.4, -0.2) is 38.6 Å². The number of rotatable bonds is 8. The van der Waals surface area contributed by atoms with E-state index in [-0.39, 0.29) is 23.5 Å². The summed E-state index contributed by atoms with van der Waals surface area (Å²) >= 11 is 0. The first-order chi connectivity index (χ1) is 14.9. The summed E-state index contributed by atoms with van der Waals surface area (Å²) in [5, 5.41) is 4.92. The molecule has 174 valence electrons. The molecule has 3 N–H and O–H groups in total. The third-order valence-corrected chi connectivity index (χ3v) is 5.68. The largest absolute Gasteiger partial charge is 0.444 e. The molecule has 2 aromatic carbocycles. The van der Waals surface area contributed by atoms with Gasteiger partial charge in [-0.15, -0.1) is 0 Å². The van der Waals surface area contributed by atoms with Crippen LogP contribution < -0.4 is 15.4 Å². The Hall–Kier alpha value is -2.98. The van der Waals surface area contributed by atoms with Crippen molar-refractivity contribution in [2.45, 2.75) is 50.7 Å². The van der Waals surface area contributed by atoms with Crippen molar-refractivity contribution in [3.63, 3.8) is 0 Å². The van der Waals surface area contributed by atoms with Crippen LogP contribution in [0.3, 0.4) is 0 Å². The lowest BCUT2D eigenvalue weighted by molar-refractivity contribution is -0.118. The van der Waals surface area contributed by atoms with E-state index in [1.54, 1.807) is 52.0 Å². The molecule has 10 heteroatoms. The van der Waals surface area contributed by atoms with Gasteiger partial charge in [0.05, 0.1) is 10.6 Å². The third kappa shape index (κ3) is 7.61. The molecule has 0 saturated heterocycles. The van der Waals surface area contributed by atoms with E-state index in [2.05, 4.69) is 15.4 Å². The number of alkyl carbamates (subject to hydrolysis) is 1. The minimum Gasteiger partial charge on any atom is -0.444 e. The van der Waals surface area contributed by atoms with Gasteiger partial charge in [0, 0.05) is 13.0 Å². The van der Waals surface area contributed by atoms with Crippen LogP contribution in [-0.2, 0) is 26.0 Å². The average Bonchev–Trinajstić information content (AvgIpc) is 2.68. The molecule has 0 saturated carbocycles. The van der Waals surface area contributed by atoms with E-state index in [0.717, 1.165) is 17.7 Å². The molecule has 32 heavy (non-hydrogen) atoms. The number of hydrogen-bond donors (Lipinski definition) is 3. The summed E-state index contributed by atoms with van der Waals surface area (Å²) < 4.78 is 46.1. The van der Waals surface area contributed by atoms with E-state index >= 15 is 0 Å². The predicted octanol–water partition coefficient (Wildman–Crippen LogP) is 3.20. The van der Waals surface area contributed by atoms with Crippen molar-refractivity contribution in [1.29, 1.82) is 0 Å². The lowest BCUT2D eigenvalue weighted by Crippen LogP contribution is -2.47. The molecule has 0 aromatic heterocycles. The molecule has 0 heterocycles. The molecular weight excluding hydrogens is 437 g/mol. The number of nitrogens with one attached hydrogen (secondary N) is 3. The first-order valence-corrected chi connectivity index (χ1v) is 11.5. The Bertz CT molecular complexity index is 1050. The Kier molecular flexibility index (Phi) is 8.34. The monoisotopic (exact) mass is 465 g/mol. The highest BCUT2D eigenvalue weighted by atomic mass is 32.2. The van der Waals surface area contributed by atoms with Crippen molar-refractivity contribution >= 4 is 27.7 Å². The molecule has 0 aliphatic rings. The van der Waals surface area contributed by atoms with Crippen LogP contribution >= 0.6 is 0 Å². The summed E-state index contributed by atoms with van der Waals surface area (Å²) in [6, 6.07) is 11.1. The fraction of sp³-hybridized carbons (Fsp3) is 0.364. The van der Waals surface area contributed by atoms with Gasteiger partial charge in [-0.1, -0.05) is 37.3 Å². The van der Waals surface area contributed by atoms with Crippen LogP contribution in [0.15, 0.2) is 53.4 Å². The number of carbonyl (C=O) groups is 2. The first-order valence-electron chi connectivity index (χ1n) is 10.0. The molecule has 0 bridgehead atoms. The first kappa shape index (κ1) is 25.3. The SMILES string of the molecule is CCNS(=O)(=O)c1ccc(NC(=O)C(Cc2ccccc2)NC(=O)OC(C)(C)C)c(F)c1. The fourth-order valence-electron chi connectivity index (χ4n) is 2.77. The number of ether oxygens (including phenoxy) is 1. The summed E-state index contributed by atoms with van der Waals surface area (Å²) in [4.78, 5) is 24.9. The maximum atomic E-state index is 14.5. The van der Waals surface area contributed by atoms with Crippen LogP contribution in [0.4, 0.5) is 14.9 Å². The predicted molar refractivity (Wildman–Crippen MR) is 119 cm³/mol. The number of amides is 2. The highest BCUT2D eigenvalue weighted by Gasteiger charge is 2.26. The van der Waals surface area contributed by atoms with E-state index in [0.29, 0.717) is 0 Å². The summed E-state index contributed by atoms with van der Waals surface area (Å²) in [7, 11) is -3.84. The summed E-state index contributed by atoms with van der Waals surface area (Å²) in [6.45, 7) is 6.83. The lowest BCUT2D eigenvalue weighted by Gasteiger charge is -2.23.